The molecule has 1 aromatic heterocycles. The first-order valence-electron chi connectivity index (χ1n) is 5.54. The Bertz CT molecular complexity index is 299. The molecule has 0 aliphatic heterocycles. The summed E-state index contributed by atoms with van der Waals surface area (Å²) in [7, 11) is 4.01. The molecule has 0 radical (unpaired) electrons. The topological polar surface area (TPSA) is 37.4 Å². The second-order valence-corrected chi connectivity index (χ2v) is 5.19. The molecule has 16 heavy (non-hydrogen) atoms. The summed E-state index contributed by atoms with van der Waals surface area (Å²) < 4.78 is 5.44. The van der Waals surface area contributed by atoms with Crippen LogP contribution >= 0.6 is 11.3 Å². The van der Waals surface area contributed by atoms with Gasteiger partial charge in [-0.2, -0.15) is 0 Å². The van der Waals surface area contributed by atoms with E-state index in [0.717, 1.165) is 24.8 Å². The lowest BCUT2D eigenvalue weighted by atomic mass is 10.5. The van der Waals surface area contributed by atoms with Gasteiger partial charge in [-0.1, -0.05) is 0 Å². The normalized spacial score (nSPS) is 11.1. The van der Waals surface area contributed by atoms with E-state index in [9.17, 15) is 0 Å². The highest BCUT2D eigenvalue weighted by atomic mass is 32.1. The summed E-state index contributed by atoms with van der Waals surface area (Å²) in [4.78, 5) is 7.60. The Labute approximate surface area is 102 Å². The first kappa shape index (κ1) is 13.4. The highest BCUT2D eigenvalue weighted by Gasteiger charge is 2.02. The number of rotatable bonds is 7. The third-order valence-corrected chi connectivity index (χ3v) is 3.12. The zero-order chi connectivity index (χ0) is 12.0. The Morgan fingerprint density at radius 1 is 1.50 bits per heavy atom. The molecule has 1 N–H and O–H groups in total. The first-order chi connectivity index (χ1) is 7.59. The van der Waals surface area contributed by atoms with E-state index in [1.807, 2.05) is 39.0 Å². The summed E-state index contributed by atoms with van der Waals surface area (Å²) in [6.45, 7) is 6.61. The van der Waals surface area contributed by atoms with Gasteiger partial charge < -0.3 is 15.0 Å². The molecule has 0 bridgehead atoms. The van der Waals surface area contributed by atoms with Crippen molar-refractivity contribution in [1.29, 1.82) is 0 Å². The average Bonchev–Trinajstić information content (AvgIpc) is 2.65. The molecule has 5 heteroatoms. The van der Waals surface area contributed by atoms with Crippen LogP contribution in [0, 0.1) is 0 Å². The van der Waals surface area contributed by atoms with Gasteiger partial charge in [0.05, 0.1) is 12.7 Å². The van der Waals surface area contributed by atoms with Crippen molar-refractivity contribution in [1.82, 2.24) is 10.3 Å². The van der Waals surface area contributed by atoms with Crippen LogP contribution in [-0.4, -0.2) is 38.3 Å². The van der Waals surface area contributed by atoms with Crippen LogP contribution in [0.25, 0.3) is 0 Å². The third-order valence-electron chi connectivity index (χ3n) is 1.95. The maximum absolute atomic E-state index is 5.44. The average molecular weight is 243 g/mol. The molecule has 0 atom stereocenters. The Morgan fingerprint density at radius 2 is 2.25 bits per heavy atom. The molecule has 4 nitrogen and oxygen atoms in total. The van der Waals surface area contributed by atoms with E-state index in [1.165, 1.54) is 4.88 Å². The van der Waals surface area contributed by atoms with Crippen molar-refractivity contribution in [2.24, 2.45) is 0 Å². The number of anilines is 1. The second kappa shape index (κ2) is 6.83. The molecule has 0 aromatic carbocycles. The molecule has 0 fully saturated rings. The minimum atomic E-state index is 0.311. The summed E-state index contributed by atoms with van der Waals surface area (Å²) in [6.07, 6.45) is 2.24. The van der Waals surface area contributed by atoms with Gasteiger partial charge in [0.1, 0.15) is 0 Å². The number of hydrogen-bond donors (Lipinski definition) is 1. The lowest BCUT2D eigenvalue weighted by molar-refractivity contribution is 0.0807. The highest BCUT2D eigenvalue weighted by molar-refractivity contribution is 7.15. The van der Waals surface area contributed by atoms with E-state index < -0.39 is 0 Å². The van der Waals surface area contributed by atoms with Crippen LogP contribution in [-0.2, 0) is 11.3 Å². The molecule has 1 rings (SSSR count). The Morgan fingerprint density at radius 3 is 2.81 bits per heavy atom. The minimum Gasteiger partial charge on any atom is -0.377 e. The van der Waals surface area contributed by atoms with Crippen LogP contribution in [0.5, 0.6) is 0 Å². The third kappa shape index (κ3) is 4.92. The van der Waals surface area contributed by atoms with E-state index >= 15 is 0 Å². The molecule has 0 aliphatic rings. The van der Waals surface area contributed by atoms with Gasteiger partial charge in [0.15, 0.2) is 5.13 Å². The van der Waals surface area contributed by atoms with Crippen LogP contribution in [0.4, 0.5) is 5.13 Å². The highest BCUT2D eigenvalue weighted by Crippen LogP contribution is 2.19. The summed E-state index contributed by atoms with van der Waals surface area (Å²) in [5.41, 5.74) is 0. The predicted octanol–water partition coefficient (Wildman–Crippen LogP) is 1.72. The number of hydrogen-bond acceptors (Lipinski definition) is 5. The smallest absolute Gasteiger partial charge is 0.185 e. The van der Waals surface area contributed by atoms with E-state index in [4.69, 9.17) is 4.74 Å². The summed E-state index contributed by atoms with van der Waals surface area (Å²) in [5.74, 6) is 0. The molecule has 0 saturated carbocycles. The maximum Gasteiger partial charge on any atom is 0.185 e. The van der Waals surface area contributed by atoms with Crippen molar-refractivity contribution in [3.05, 3.63) is 11.1 Å². The standard InChI is InChI=1S/C11H21N3OS/c1-9(2)15-6-5-12-7-10-8-13-11(16-10)14(3)4/h8-9,12H,5-7H2,1-4H3. The van der Waals surface area contributed by atoms with Gasteiger partial charge in [-0.15, -0.1) is 11.3 Å². The lowest BCUT2D eigenvalue weighted by Crippen LogP contribution is -2.20. The number of thiazole rings is 1. The van der Waals surface area contributed by atoms with Gasteiger partial charge in [0.25, 0.3) is 0 Å². The molecule has 0 aliphatic carbocycles. The van der Waals surface area contributed by atoms with E-state index in [-0.39, 0.29) is 0 Å². The molecule has 0 amide bonds. The predicted molar refractivity (Wildman–Crippen MR) is 69.2 cm³/mol. The first-order valence-corrected chi connectivity index (χ1v) is 6.35. The molecular weight excluding hydrogens is 222 g/mol. The molecule has 1 aromatic rings. The fraction of sp³-hybridized carbons (Fsp3) is 0.727. The van der Waals surface area contributed by atoms with Gasteiger partial charge in [0, 0.05) is 38.3 Å². The Balaban J connectivity index is 2.17. The number of ether oxygens (including phenoxy) is 1. The fourth-order valence-corrected chi connectivity index (χ4v) is 1.97. The summed E-state index contributed by atoms with van der Waals surface area (Å²) >= 11 is 1.72. The molecule has 92 valence electrons. The molecule has 0 saturated heterocycles. The van der Waals surface area contributed by atoms with Crippen LogP contribution in [0.2, 0.25) is 0 Å². The fourth-order valence-electron chi connectivity index (χ4n) is 1.16. The van der Waals surface area contributed by atoms with E-state index in [0.29, 0.717) is 6.10 Å². The Kier molecular flexibility index (Phi) is 5.73. The number of nitrogens with one attached hydrogen (secondary N) is 1. The van der Waals surface area contributed by atoms with Crippen molar-refractivity contribution < 1.29 is 4.74 Å². The second-order valence-electron chi connectivity index (χ2n) is 4.10. The van der Waals surface area contributed by atoms with Gasteiger partial charge in [0.2, 0.25) is 0 Å². The van der Waals surface area contributed by atoms with Crippen LogP contribution in [0.15, 0.2) is 6.20 Å². The zero-order valence-electron chi connectivity index (χ0n) is 10.5. The van der Waals surface area contributed by atoms with Gasteiger partial charge in [-0.05, 0) is 13.8 Å². The maximum atomic E-state index is 5.44. The molecule has 0 unspecified atom stereocenters. The number of aromatic nitrogens is 1. The van der Waals surface area contributed by atoms with Crippen LogP contribution in [0.3, 0.4) is 0 Å². The van der Waals surface area contributed by atoms with Crippen molar-refractivity contribution in [3.63, 3.8) is 0 Å². The van der Waals surface area contributed by atoms with Crippen LogP contribution < -0.4 is 10.2 Å². The van der Waals surface area contributed by atoms with E-state index in [2.05, 4.69) is 10.3 Å². The zero-order valence-corrected chi connectivity index (χ0v) is 11.3. The van der Waals surface area contributed by atoms with E-state index in [1.54, 1.807) is 11.3 Å². The number of nitrogens with zero attached hydrogens (tertiary/aromatic N) is 2. The minimum absolute atomic E-state index is 0.311. The van der Waals surface area contributed by atoms with Gasteiger partial charge in [-0.25, -0.2) is 4.98 Å². The monoisotopic (exact) mass is 243 g/mol. The van der Waals surface area contributed by atoms with Gasteiger partial charge >= 0.3 is 0 Å². The van der Waals surface area contributed by atoms with Crippen molar-refractivity contribution >= 4 is 16.5 Å². The van der Waals surface area contributed by atoms with Crippen molar-refractivity contribution in [2.75, 3.05) is 32.1 Å². The largest absolute Gasteiger partial charge is 0.377 e. The van der Waals surface area contributed by atoms with Crippen molar-refractivity contribution in [3.8, 4) is 0 Å². The quantitative estimate of drug-likeness (QED) is 0.740. The summed E-state index contributed by atoms with van der Waals surface area (Å²) in [5, 5.41) is 4.39. The Hall–Kier alpha value is -0.650. The molecule has 0 spiro atoms. The van der Waals surface area contributed by atoms with Crippen LogP contribution in [0.1, 0.15) is 18.7 Å². The lowest BCUT2D eigenvalue weighted by Gasteiger charge is -2.07. The molecular formula is C11H21N3OS. The van der Waals surface area contributed by atoms with Gasteiger partial charge in [-0.3, -0.25) is 0 Å². The van der Waals surface area contributed by atoms with Crippen molar-refractivity contribution in [2.45, 2.75) is 26.5 Å². The molecule has 1 heterocycles. The SMILES string of the molecule is CC(C)OCCNCc1cnc(N(C)C)s1. The summed E-state index contributed by atoms with van der Waals surface area (Å²) in [6, 6.07) is 0.